The van der Waals surface area contributed by atoms with Crippen molar-refractivity contribution in [3.63, 3.8) is 0 Å². The van der Waals surface area contributed by atoms with Crippen molar-refractivity contribution in [1.29, 1.82) is 0 Å². The van der Waals surface area contributed by atoms with Crippen LogP contribution in [0, 0.1) is 3.57 Å². The van der Waals surface area contributed by atoms with Gasteiger partial charge >= 0.3 is 0 Å². The van der Waals surface area contributed by atoms with Crippen LogP contribution < -0.4 is 5.73 Å². The Labute approximate surface area is 107 Å². The van der Waals surface area contributed by atoms with Gasteiger partial charge in [-0.3, -0.25) is 0 Å². The van der Waals surface area contributed by atoms with Gasteiger partial charge in [-0.05, 0) is 41.1 Å². The van der Waals surface area contributed by atoms with Crippen LogP contribution in [0.1, 0.15) is 25.3 Å². The number of benzene rings is 1. The van der Waals surface area contributed by atoms with E-state index in [0.717, 1.165) is 15.6 Å². The molecule has 4 nitrogen and oxygen atoms in total. The molecule has 5 heteroatoms. The van der Waals surface area contributed by atoms with Crippen LogP contribution in [0.2, 0.25) is 0 Å². The lowest BCUT2D eigenvalue weighted by atomic mass is 10.2. The number of hydrogen-bond donors (Lipinski definition) is 1. The fourth-order valence-corrected chi connectivity index (χ4v) is 1.92. The largest absolute Gasteiger partial charge is 0.419 e. The first-order valence-electron chi connectivity index (χ1n) is 5.06. The second-order valence-electron chi connectivity index (χ2n) is 3.44. The van der Waals surface area contributed by atoms with Crippen LogP contribution in [0.4, 0.5) is 0 Å². The molecule has 1 aromatic carbocycles. The lowest BCUT2D eigenvalue weighted by Gasteiger charge is -2.01. The SMILES string of the molecule is CCC(N)c1nnc(-c2ccccc2I)o1. The van der Waals surface area contributed by atoms with Gasteiger partial charge < -0.3 is 10.2 Å². The Hall–Kier alpha value is -0.950. The molecule has 0 radical (unpaired) electrons. The van der Waals surface area contributed by atoms with E-state index in [1.807, 2.05) is 31.2 Å². The first-order chi connectivity index (χ1) is 7.72. The molecule has 0 amide bonds. The maximum Gasteiger partial charge on any atom is 0.248 e. The highest BCUT2D eigenvalue weighted by Crippen LogP contribution is 2.25. The van der Waals surface area contributed by atoms with E-state index in [9.17, 15) is 0 Å². The zero-order valence-electron chi connectivity index (χ0n) is 8.85. The van der Waals surface area contributed by atoms with Gasteiger partial charge in [-0.25, -0.2) is 0 Å². The van der Waals surface area contributed by atoms with E-state index < -0.39 is 0 Å². The van der Waals surface area contributed by atoms with Crippen molar-refractivity contribution in [2.75, 3.05) is 0 Å². The standard InChI is InChI=1S/C11H12IN3O/c1-2-9(13)11-15-14-10(16-11)7-5-3-4-6-8(7)12/h3-6,9H,2,13H2,1H3. The Kier molecular flexibility index (Phi) is 3.55. The summed E-state index contributed by atoms with van der Waals surface area (Å²) in [5, 5.41) is 7.97. The van der Waals surface area contributed by atoms with Crippen LogP contribution in [-0.4, -0.2) is 10.2 Å². The normalized spacial score (nSPS) is 12.7. The maximum atomic E-state index is 5.83. The molecule has 1 heterocycles. The van der Waals surface area contributed by atoms with Gasteiger partial charge in [0.2, 0.25) is 11.8 Å². The molecule has 1 atom stereocenters. The van der Waals surface area contributed by atoms with E-state index >= 15 is 0 Å². The summed E-state index contributed by atoms with van der Waals surface area (Å²) in [5.41, 5.74) is 6.77. The summed E-state index contributed by atoms with van der Waals surface area (Å²) >= 11 is 2.24. The summed E-state index contributed by atoms with van der Waals surface area (Å²) in [4.78, 5) is 0. The van der Waals surface area contributed by atoms with E-state index in [0.29, 0.717) is 11.8 Å². The van der Waals surface area contributed by atoms with E-state index in [1.54, 1.807) is 0 Å². The Morgan fingerprint density at radius 1 is 1.38 bits per heavy atom. The fraction of sp³-hybridized carbons (Fsp3) is 0.273. The van der Waals surface area contributed by atoms with Crippen LogP contribution >= 0.6 is 22.6 Å². The van der Waals surface area contributed by atoms with Gasteiger partial charge in [0.1, 0.15) is 0 Å². The highest BCUT2D eigenvalue weighted by atomic mass is 127. The zero-order chi connectivity index (χ0) is 11.5. The molecule has 2 aromatic rings. The Morgan fingerprint density at radius 2 is 2.12 bits per heavy atom. The van der Waals surface area contributed by atoms with Gasteiger partial charge in [0.25, 0.3) is 0 Å². The van der Waals surface area contributed by atoms with Gasteiger partial charge in [-0.2, -0.15) is 0 Å². The Balaban J connectivity index is 2.35. The van der Waals surface area contributed by atoms with Gasteiger partial charge in [-0.1, -0.05) is 19.1 Å². The molecule has 0 aliphatic rings. The van der Waals surface area contributed by atoms with Gasteiger partial charge in [-0.15, -0.1) is 10.2 Å². The van der Waals surface area contributed by atoms with Gasteiger partial charge in [0.15, 0.2) is 0 Å². The fourth-order valence-electron chi connectivity index (χ4n) is 1.30. The summed E-state index contributed by atoms with van der Waals surface area (Å²) in [5.74, 6) is 1.03. The average Bonchev–Trinajstić information content (AvgIpc) is 2.78. The van der Waals surface area contributed by atoms with Crippen LogP contribution in [0.15, 0.2) is 28.7 Å². The van der Waals surface area contributed by atoms with Crippen molar-refractivity contribution in [3.8, 4) is 11.5 Å². The van der Waals surface area contributed by atoms with E-state index in [4.69, 9.17) is 10.2 Å². The van der Waals surface area contributed by atoms with Crippen LogP contribution in [0.5, 0.6) is 0 Å². The van der Waals surface area contributed by atoms with Crippen LogP contribution in [0.25, 0.3) is 11.5 Å². The summed E-state index contributed by atoms with van der Waals surface area (Å²) in [6.45, 7) is 1.99. The zero-order valence-corrected chi connectivity index (χ0v) is 11.0. The second kappa shape index (κ2) is 4.92. The summed E-state index contributed by atoms with van der Waals surface area (Å²) in [7, 11) is 0. The van der Waals surface area contributed by atoms with Crippen LogP contribution in [0.3, 0.4) is 0 Å². The van der Waals surface area contributed by atoms with Crippen molar-refractivity contribution in [1.82, 2.24) is 10.2 Å². The molecule has 84 valence electrons. The van der Waals surface area contributed by atoms with Gasteiger partial charge in [0.05, 0.1) is 11.6 Å². The van der Waals surface area contributed by atoms with Crippen molar-refractivity contribution in [3.05, 3.63) is 33.7 Å². The lowest BCUT2D eigenvalue weighted by molar-refractivity contribution is 0.452. The molecule has 0 saturated heterocycles. The highest BCUT2D eigenvalue weighted by molar-refractivity contribution is 14.1. The first-order valence-corrected chi connectivity index (χ1v) is 6.14. The van der Waals surface area contributed by atoms with Gasteiger partial charge in [0, 0.05) is 3.57 Å². The quantitative estimate of drug-likeness (QED) is 0.880. The number of nitrogens with zero attached hydrogens (tertiary/aromatic N) is 2. The minimum atomic E-state index is -0.178. The lowest BCUT2D eigenvalue weighted by Crippen LogP contribution is -2.08. The monoisotopic (exact) mass is 329 g/mol. The number of aromatic nitrogens is 2. The molecule has 1 unspecified atom stereocenters. The third kappa shape index (κ3) is 2.25. The predicted molar refractivity (Wildman–Crippen MR) is 69.7 cm³/mol. The topological polar surface area (TPSA) is 64.9 Å². The van der Waals surface area contributed by atoms with Crippen molar-refractivity contribution >= 4 is 22.6 Å². The third-order valence-corrected chi connectivity index (χ3v) is 3.24. The Morgan fingerprint density at radius 3 is 2.81 bits per heavy atom. The molecule has 0 bridgehead atoms. The summed E-state index contributed by atoms with van der Waals surface area (Å²) in [6.07, 6.45) is 0.785. The second-order valence-corrected chi connectivity index (χ2v) is 4.60. The van der Waals surface area contributed by atoms with E-state index in [1.165, 1.54) is 0 Å². The molecule has 2 N–H and O–H groups in total. The molecule has 1 aromatic heterocycles. The molecule has 0 saturated carbocycles. The minimum Gasteiger partial charge on any atom is -0.419 e. The number of rotatable bonds is 3. The minimum absolute atomic E-state index is 0.178. The number of nitrogens with two attached hydrogens (primary N) is 1. The summed E-state index contributed by atoms with van der Waals surface area (Å²) < 4.78 is 6.63. The third-order valence-electron chi connectivity index (χ3n) is 2.30. The molecular formula is C11H12IN3O. The van der Waals surface area contributed by atoms with Crippen molar-refractivity contribution in [2.45, 2.75) is 19.4 Å². The molecule has 0 aliphatic carbocycles. The van der Waals surface area contributed by atoms with Crippen LogP contribution in [-0.2, 0) is 0 Å². The summed E-state index contributed by atoms with van der Waals surface area (Å²) in [6, 6.07) is 7.69. The first kappa shape index (κ1) is 11.5. The molecule has 2 rings (SSSR count). The van der Waals surface area contributed by atoms with Crippen molar-refractivity contribution < 1.29 is 4.42 Å². The maximum absolute atomic E-state index is 5.83. The molecule has 0 aliphatic heterocycles. The predicted octanol–water partition coefficient (Wildman–Crippen LogP) is 2.75. The number of halogens is 1. The smallest absolute Gasteiger partial charge is 0.248 e. The molecule has 16 heavy (non-hydrogen) atoms. The molecule has 0 spiro atoms. The van der Waals surface area contributed by atoms with E-state index in [-0.39, 0.29) is 6.04 Å². The molecular weight excluding hydrogens is 317 g/mol. The molecule has 0 fully saturated rings. The highest BCUT2D eigenvalue weighted by Gasteiger charge is 2.14. The van der Waals surface area contributed by atoms with Crippen molar-refractivity contribution in [2.24, 2.45) is 5.73 Å². The average molecular weight is 329 g/mol. The Bertz CT molecular complexity index is 484. The van der Waals surface area contributed by atoms with E-state index in [2.05, 4.69) is 32.8 Å². The number of hydrogen-bond acceptors (Lipinski definition) is 4.